The van der Waals surface area contributed by atoms with Crippen LogP contribution in [0.25, 0.3) is 0 Å². The minimum atomic E-state index is -3.78. The van der Waals surface area contributed by atoms with Crippen LogP contribution in [0.5, 0.6) is 0 Å². The average molecular weight is 403 g/mol. The molecule has 9 heteroatoms. The fourth-order valence-electron chi connectivity index (χ4n) is 2.90. The Labute approximate surface area is 154 Å². The first-order chi connectivity index (χ1) is 11.8. The number of nitrogens with one attached hydrogen (secondary N) is 1. The SMILES string of the molecule is CC1c2cc(F)ccc2CCN1C(=O)CNS(=O)(=O)c1ccc(Cl)s1. The van der Waals surface area contributed by atoms with Crippen LogP contribution in [0.1, 0.15) is 24.1 Å². The highest BCUT2D eigenvalue weighted by molar-refractivity contribution is 7.91. The van der Waals surface area contributed by atoms with Gasteiger partial charge in [-0.1, -0.05) is 17.7 Å². The van der Waals surface area contributed by atoms with Crippen LogP contribution in [0.3, 0.4) is 0 Å². The summed E-state index contributed by atoms with van der Waals surface area (Å²) in [6.07, 6.45) is 0.610. The van der Waals surface area contributed by atoms with E-state index in [0.29, 0.717) is 17.3 Å². The zero-order valence-corrected chi connectivity index (χ0v) is 15.7. The fourth-order valence-corrected chi connectivity index (χ4v) is 5.40. The Morgan fingerprint density at radius 2 is 2.16 bits per heavy atom. The summed E-state index contributed by atoms with van der Waals surface area (Å²) in [5.74, 6) is -0.705. The molecule has 1 amide bonds. The third-order valence-corrected chi connectivity index (χ3v) is 7.32. The number of rotatable bonds is 4. The molecule has 0 fully saturated rings. The minimum Gasteiger partial charge on any atom is -0.334 e. The van der Waals surface area contributed by atoms with Gasteiger partial charge in [-0.15, -0.1) is 11.3 Å². The quantitative estimate of drug-likeness (QED) is 0.854. The van der Waals surface area contributed by atoms with Crippen molar-refractivity contribution >= 4 is 38.9 Å². The predicted octanol–water partition coefficient (Wildman–Crippen LogP) is 2.96. The second kappa shape index (κ2) is 7.03. The van der Waals surface area contributed by atoms with Gasteiger partial charge in [0.2, 0.25) is 5.91 Å². The van der Waals surface area contributed by atoms with Gasteiger partial charge in [0.25, 0.3) is 10.0 Å². The van der Waals surface area contributed by atoms with E-state index in [4.69, 9.17) is 11.6 Å². The van der Waals surface area contributed by atoms with Crippen molar-refractivity contribution in [2.75, 3.05) is 13.1 Å². The van der Waals surface area contributed by atoms with Crippen molar-refractivity contribution in [3.63, 3.8) is 0 Å². The molecule has 0 saturated heterocycles. The Morgan fingerprint density at radius 3 is 2.84 bits per heavy atom. The molecule has 5 nitrogen and oxygen atoms in total. The van der Waals surface area contributed by atoms with Gasteiger partial charge < -0.3 is 4.90 Å². The first-order valence-corrected chi connectivity index (χ1v) is 10.3. The molecule has 2 aromatic rings. The van der Waals surface area contributed by atoms with Crippen molar-refractivity contribution in [1.29, 1.82) is 0 Å². The van der Waals surface area contributed by atoms with Gasteiger partial charge >= 0.3 is 0 Å². The van der Waals surface area contributed by atoms with Gasteiger partial charge in [0.05, 0.1) is 16.9 Å². The molecular weight excluding hydrogens is 387 g/mol. The molecule has 25 heavy (non-hydrogen) atoms. The number of fused-ring (bicyclic) bond motifs is 1. The molecular formula is C16H16ClFN2O3S2. The van der Waals surface area contributed by atoms with Gasteiger partial charge in [-0.05, 0) is 48.7 Å². The molecule has 1 aromatic heterocycles. The maximum Gasteiger partial charge on any atom is 0.250 e. The number of thiophene rings is 1. The number of amides is 1. The van der Waals surface area contributed by atoms with Crippen LogP contribution < -0.4 is 4.72 Å². The second-order valence-corrected chi connectivity index (χ2v) is 9.45. The van der Waals surface area contributed by atoms with Crippen LogP contribution in [0.15, 0.2) is 34.5 Å². The molecule has 0 saturated carbocycles. The summed E-state index contributed by atoms with van der Waals surface area (Å²) in [5, 5.41) is 0. The van der Waals surface area contributed by atoms with Crippen LogP contribution in [0.2, 0.25) is 4.34 Å². The third kappa shape index (κ3) is 3.87. The number of benzene rings is 1. The van der Waals surface area contributed by atoms with Gasteiger partial charge in [0.1, 0.15) is 10.0 Å². The molecule has 1 unspecified atom stereocenters. The van der Waals surface area contributed by atoms with E-state index in [1.165, 1.54) is 24.3 Å². The number of carbonyl (C=O) groups excluding carboxylic acids is 1. The second-order valence-electron chi connectivity index (χ2n) is 5.74. The molecule has 0 radical (unpaired) electrons. The molecule has 1 aliphatic heterocycles. The first-order valence-electron chi connectivity index (χ1n) is 7.61. The molecule has 3 rings (SSSR count). The molecule has 1 atom stereocenters. The Bertz CT molecular complexity index is 914. The summed E-state index contributed by atoms with van der Waals surface area (Å²) < 4.78 is 40.6. The monoisotopic (exact) mass is 402 g/mol. The summed E-state index contributed by atoms with van der Waals surface area (Å²) in [5.41, 5.74) is 1.76. The molecule has 0 aliphatic carbocycles. The minimum absolute atomic E-state index is 0.0596. The molecule has 2 heterocycles. The van der Waals surface area contributed by atoms with Crippen molar-refractivity contribution in [2.45, 2.75) is 23.6 Å². The largest absolute Gasteiger partial charge is 0.334 e. The number of hydrogen-bond donors (Lipinski definition) is 1. The van der Waals surface area contributed by atoms with Crippen molar-refractivity contribution in [1.82, 2.24) is 9.62 Å². The maximum absolute atomic E-state index is 13.5. The van der Waals surface area contributed by atoms with E-state index in [9.17, 15) is 17.6 Å². The molecule has 0 bridgehead atoms. The highest BCUT2D eigenvalue weighted by atomic mass is 35.5. The third-order valence-electron chi connectivity index (χ3n) is 4.19. The van der Waals surface area contributed by atoms with E-state index in [-0.39, 0.29) is 28.5 Å². The highest BCUT2D eigenvalue weighted by Gasteiger charge is 2.28. The fraction of sp³-hybridized carbons (Fsp3) is 0.312. The molecule has 1 aliphatic rings. The number of halogens is 2. The summed E-state index contributed by atoms with van der Waals surface area (Å²) in [4.78, 5) is 14.0. The number of carbonyl (C=O) groups is 1. The van der Waals surface area contributed by atoms with E-state index in [2.05, 4.69) is 4.72 Å². The summed E-state index contributed by atoms with van der Waals surface area (Å²) in [7, 11) is -3.78. The highest BCUT2D eigenvalue weighted by Crippen LogP contribution is 2.30. The van der Waals surface area contributed by atoms with Crippen molar-refractivity contribution in [3.05, 3.63) is 51.6 Å². The molecule has 0 spiro atoms. The van der Waals surface area contributed by atoms with Crippen LogP contribution in [-0.2, 0) is 21.2 Å². The van der Waals surface area contributed by atoms with Crippen LogP contribution in [0.4, 0.5) is 4.39 Å². The van der Waals surface area contributed by atoms with E-state index >= 15 is 0 Å². The van der Waals surface area contributed by atoms with Crippen LogP contribution >= 0.6 is 22.9 Å². The number of hydrogen-bond acceptors (Lipinski definition) is 4. The smallest absolute Gasteiger partial charge is 0.250 e. The normalized spacial score (nSPS) is 17.4. The van der Waals surface area contributed by atoms with Gasteiger partial charge in [-0.25, -0.2) is 17.5 Å². The number of sulfonamides is 1. The van der Waals surface area contributed by atoms with E-state index in [1.807, 2.05) is 6.92 Å². The van der Waals surface area contributed by atoms with Crippen LogP contribution in [-0.4, -0.2) is 32.3 Å². The van der Waals surface area contributed by atoms with Gasteiger partial charge in [0, 0.05) is 6.54 Å². The van der Waals surface area contributed by atoms with Gasteiger partial charge in [0.15, 0.2) is 0 Å². The Hall–Kier alpha value is -1.48. The lowest BCUT2D eigenvalue weighted by atomic mass is 9.93. The number of nitrogens with zero attached hydrogens (tertiary/aromatic N) is 1. The predicted molar refractivity (Wildman–Crippen MR) is 94.7 cm³/mol. The lowest BCUT2D eigenvalue weighted by Gasteiger charge is -2.35. The zero-order chi connectivity index (χ0) is 18.2. The van der Waals surface area contributed by atoms with Crippen molar-refractivity contribution in [3.8, 4) is 0 Å². The van der Waals surface area contributed by atoms with E-state index < -0.39 is 10.0 Å². The van der Waals surface area contributed by atoms with E-state index in [0.717, 1.165) is 22.5 Å². The maximum atomic E-state index is 13.5. The zero-order valence-electron chi connectivity index (χ0n) is 13.3. The van der Waals surface area contributed by atoms with E-state index in [1.54, 1.807) is 11.0 Å². The Balaban J connectivity index is 1.70. The Morgan fingerprint density at radius 1 is 1.40 bits per heavy atom. The summed E-state index contributed by atoms with van der Waals surface area (Å²) in [6.45, 7) is 1.92. The topological polar surface area (TPSA) is 66.5 Å². The average Bonchev–Trinajstić information content (AvgIpc) is 3.01. The summed E-state index contributed by atoms with van der Waals surface area (Å²) >= 11 is 6.67. The van der Waals surface area contributed by atoms with Gasteiger partial charge in [-0.2, -0.15) is 0 Å². The first kappa shape index (κ1) is 18.3. The Kier molecular flexibility index (Phi) is 5.15. The molecule has 1 N–H and O–H groups in total. The van der Waals surface area contributed by atoms with Gasteiger partial charge in [-0.3, -0.25) is 4.79 Å². The standard InChI is InChI=1S/C16H16ClFN2O3S2/c1-10-13-8-12(18)3-2-11(13)6-7-20(10)15(21)9-19-25(22,23)16-5-4-14(17)24-16/h2-5,8,10,19H,6-7,9H2,1H3. The van der Waals surface area contributed by atoms with Crippen molar-refractivity contribution in [2.24, 2.45) is 0 Å². The molecule has 1 aromatic carbocycles. The van der Waals surface area contributed by atoms with Crippen molar-refractivity contribution < 1.29 is 17.6 Å². The lowest BCUT2D eigenvalue weighted by Crippen LogP contribution is -2.44. The lowest BCUT2D eigenvalue weighted by molar-refractivity contribution is -0.132. The molecule has 134 valence electrons. The summed E-state index contributed by atoms with van der Waals surface area (Å²) in [6, 6.07) is 7.13. The van der Waals surface area contributed by atoms with Crippen LogP contribution in [0, 0.1) is 5.82 Å².